The fourth-order valence-corrected chi connectivity index (χ4v) is 1.58. The molecule has 0 spiro atoms. The predicted molar refractivity (Wildman–Crippen MR) is 61.4 cm³/mol. The Kier molecular flexibility index (Phi) is 3.93. The number of nitrogens with two attached hydrogens (primary N) is 1. The second-order valence-corrected chi connectivity index (χ2v) is 5.58. The molecular formula is C11H25N3. The number of rotatable bonds is 2. The quantitative estimate of drug-likeness (QED) is 0.707. The fraction of sp³-hybridized carbons (Fsp3) is 1.00. The molecule has 0 aromatic rings. The van der Waals surface area contributed by atoms with E-state index in [4.69, 9.17) is 5.73 Å². The zero-order chi connectivity index (χ0) is 10.8. The maximum Gasteiger partial charge on any atom is 0.0217 e. The van der Waals surface area contributed by atoms with Crippen molar-refractivity contribution in [2.24, 2.45) is 11.1 Å². The molecule has 1 fully saturated rings. The fourth-order valence-electron chi connectivity index (χ4n) is 1.58. The number of hydrogen-bond acceptors (Lipinski definition) is 3. The summed E-state index contributed by atoms with van der Waals surface area (Å²) < 4.78 is 0. The Morgan fingerprint density at radius 3 is 2.07 bits per heavy atom. The highest BCUT2D eigenvalue weighted by Gasteiger charge is 2.24. The van der Waals surface area contributed by atoms with Crippen molar-refractivity contribution in [2.45, 2.75) is 26.8 Å². The van der Waals surface area contributed by atoms with Gasteiger partial charge in [-0.3, -0.25) is 4.90 Å². The predicted octanol–water partition coefficient (Wildman–Crippen LogP) is 0.607. The summed E-state index contributed by atoms with van der Waals surface area (Å²) in [6.07, 6.45) is 0. The van der Waals surface area contributed by atoms with Crippen LogP contribution in [0.25, 0.3) is 0 Å². The van der Waals surface area contributed by atoms with E-state index in [9.17, 15) is 0 Å². The van der Waals surface area contributed by atoms with Crippen molar-refractivity contribution < 1.29 is 0 Å². The van der Waals surface area contributed by atoms with Gasteiger partial charge in [-0.15, -0.1) is 0 Å². The van der Waals surface area contributed by atoms with Crippen LogP contribution in [-0.4, -0.2) is 55.6 Å². The molecule has 0 bridgehead atoms. The molecule has 14 heavy (non-hydrogen) atoms. The van der Waals surface area contributed by atoms with Crippen molar-refractivity contribution in [3.05, 3.63) is 0 Å². The summed E-state index contributed by atoms with van der Waals surface area (Å²) in [6, 6.07) is 0.283. The van der Waals surface area contributed by atoms with Crippen LogP contribution in [0.2, 0.25) is 0 Å². The van der Waals surface area contributed by atoms with Crippen molar-refractivity contribution in [3.8, 4) is 0 Å². The normalized spacial score (nSPS) is 23.8. The monoisotopic (exact) mass is 199 g/mol. The molecule has 0 saturated carbocycles. The van der Waals surface area contributed by atoms with Gasteiger partial charge >= 0.3 is 0 Å². The molecule has 84 valence electrons. The molecule has 1 atom stereocenters. The molecule has 1 heterocycles. The first-order chi connectivity index (χ1) is 6.39. The van der Waals surface area contributed by atoms with Gasteiger partial charge in [-0.1, -0.05) is 20.8 Å². The topological polar surface area (TPSA) is 32.5 Å². The van der Waals surface area contributed by atoms with Crippen LogP contribution in [0.4, 0.5) is 0 Å². The van der Waals surface area contributed by atoms with E-state index < -0.39 is 0 Å². The first kappa shape index (κ1) is 12.0. The van der Waals surface area contributed by atoms with E-state index in [1.54, 1.807) is 0 Å². The van der Waals surface area contributed by atoms with Gasteiger partial charge in [-0.2, -0.15) is 0 Å². The zero-order valence-corrected chi connectivity index (χ0v) is 10.1. The molecular weight excluding hydrogens is 174 g/mol. The Balaban J connectivity index is 2.31. The van der Waals surface area contributed by atoms with E-state index in [0.717, 1.165) is 6.54 Å². The van der Waals surface area contributed by atoms with Gasteiger partial charge in [0.15, 0.2) is 0 Å². The molecule has 0 amide bonds. The van der Waals surface area contributed by atoms with E-state index >= 15 is 0 Å². The van der Waals surface area contributed by atoms with Gasteiger partial charge in [-0.25, -0.2) is 0 Å². The Bertz CT molecular complexity index is 166. The van der Waals surface area contributed by atoms with E-state index in [2.05, 4.69) is 37.6 Å². The maximum atomic E-state index is 6.16. The van der Waals surface area contributed by atoms with Gasteiger partial charge in [0.1, 0.15) is 0 Å². The van der Waals surface area contributed by atoms with Crippen molar-refractivity contribution in [1.29, 1.82) is 0 Å². The van der Waals surface area contributed by atoms with Gasteiger partial charge in [0.25, 0.3) is 0 Å². The number of likely N-dealkylation sites (N-methyl/N-ethyl adjacent to an activating group) is 1. The highest BCUT2D eigenvalue weighted by molar-refractivity contribution is 4.82. The molecule has 0 aromatic heterocycles. The molecule has 1 saturated heterocycles. The third kappa shape index (κ3) is 3.56. The summed E-state index contributed by atoms with van der Waals surface area (Å²) in [4.78, 5) is 4.86. The maximum absolute atomic E-state index is 6.16. The Hall–Kier alpha value is -0.120. The number of nitrogens with zero attached hydrogens (tertiary/aromatic N) is 2. The first-order valence-electron chi connectivity index (χ1n) is 5.56. The standard InChI is InChI=1S/C11H25N3/c1-11(2,3)10(12)9-14-7-5-13(4)6-8-14/h10H,5-9,12H2,1-4H3/t10-/m1/s1. The third-order valence-electron chi connectivity index (χ3n) is 3.16. The van der Waals surface area contributed by atoms with E-state index in [1.807, 2.05) is 0 Å². The lowest BCUT2D eigenvalue weighted by atomic mass is 9.87. The Morgan fingerprint density at radius 2 is 1.64 bits per heavy atom. The average Bonchev–Trinajstić information content (AvgIpc) is 2.07. The Morgan fingerprint density at radius 1 is 1.14 bits per heavy atom. The first-order valence-corrected chi connectivity index (χ1v) is 5.56. The molecule has 3 nitrogen and oxygen atoms in total. The molecule has 0 aliphatic carbocycles. The number of hydrogen-bond donors (Lipinski definition) is 1. The molecule has 1 aliphatic rings. The lowest BCUT2D eigenvalue weighted by Crippen LogP contribution is -2.51. The SMILES string of the molecule is CN1CCN(C[C@@H](N)C(C)(C)C)CC1. The lowest BCUT2D eigenvalue weighted by Gasteiger charge is -2.37. The summed E-state index contributed by atoms with van der Waals surface area (Å²) in [5.74, 6) is 0. The lowest BCUT2D eigenvalue weighted by molar-refractivity contribution is 0.127. The van der Waals surface area contributed by atoms with Crippen molar-refractivity contribution in [2.75, 3.05) is 39.8 Å². The van der Waals surface area contributed by atoms with Crippen LogP contribution in [0.1, 0.15) is 20.8 Å². The molecule has 1 aliphatic heterocycles. The zero-order valence-electron chi connectivity index (χ0n) is 10.1. The van der Waals surface area contributed by atoms with Crippen LogP contribution >= 0.6 is 0 Å². The van der Waals surface area contributed by atoms with Gasteiger partial charge in [0, 0.05) is 38.8 Å². The molecule has 0 aromatic carbocycles. The van der Waals surface area contributed by atoms with Crippen LogP contribution in [0.5, 0.6) is 0 Å². The molecule has 3 heteroatoms. The van der Waals surface area contributed by atoms with E-state index in [-0.39, 0.29) is 11.5 Å². The van der Waals surface area contributed by atoms with Gasteiger partial charge in [0.05, 0.1) is 0 Å². The largest absolute Gasteiger partial charge is 0.326 e. The summed E-state index contributed by atoms with van der Waals surface area (Å²) in [5, 5.41) is 0. The van der Waals surface area contributed by atoms with Crippen LogP contribution in [-0.2, 0) is 0 Å². The summed E-state index contributed by atoms with van der Waals surface area (Å²) in [6.45, 7) is 12.4. The van der Waals surface area contributed by atoms with E-state index in [1.165, 1.54) is 26.2 Å². The van der Waals surface area contributed by atoms with Crippen LogP contribution in [0.15, 0.2) is 0 Å². The molecule has 1 rings (SSSR count). The highest BCUT2D eigenvalue weighted by atomic mass is 15.2. The highest BCUT2D eigenvalue weighted by Crippen LogP contribution is 2.18. The molecule has 0 radical (unpaired) electrons. The minimum absolute atomic E-state index is 0.226. The van der Waals surface area contributed by atoms with Crippen LogP contribution in [0.3, 0.4) is 0 Å². The summed E-state index contributed by atoms with van der Waals surface area (Å²) in [7, 11) is 2.18. The van der Waals surface area contributed by atoms with Crippen LogP contribution < -0.4 is 5.73 Å². The second-order valence-electron chi connectivity index (χ2n) is 5.58. The van der Waals surface area contributed by atoms with E-state index in [0.29, 0.717) is 0 Å². The summed E-state index contributed by atoms with van der Waals surface area (Å²) >= 11 is 0. The van der Waals surface area contributed by atoms with Gasteiger partial charge < -0.3 is 10.6 Å². The van der Waals surface area contributed by atoms with Gasteiger partial charge in [-0.05, 0) is 12.5 Å². The second kappa shape index (κ2) is 4.60. The van der Waals surface area contributed by atoms with Crippen LogP contribution in [0, 0.1) is 5.41 Å². The van der Waals surface area contributed by atoms with Gasteiger partial charge in [0.2, 0.25) is 0 Å². The molecule has 2 N–H and O–H groups in total. The van der Waals surface area contributed by atoms with Crippen molar-refractivity contribution >= 4 is 0 Å². The summed E-state index contributed by atoms with van der Waals surface area (Å²) in [5.41, 5.74) is 6.39. The van der Waals surface area contributed by atoms with Crippen molar-refractivity contribution in [3.63, 3.8) is 0 Å². The smallest absolute Gasteiger partial charge is 0.0217 e. The van der Waals surface area contributed by atoms with Crippen molar-refractivity contribution in [1.82, 2.24) is 9.80 Å². The number of piperazine rings is 1. The Labute approximate surface area is 88.2 Å². The minimum Gasteiger partial charge on any atom is -0.326 e. The third-order valence-corrected chi connectivity index (χ3v) is 3.16. The molecule has 0 unspecified atom stereocenters. The minimum atomic E-state index is 0.226. The average molecular weight is 199 g/mol.